The van der Waals surface area contributed by atoms with Crippen LogP contribution < -0.4 is 0 Å². The molecule has 1 rings (SSSR count). The summed E-state index contributed by atoms with van der Waals surface area (Å²) in [5.41, 5.74) is 2.11. The molecule has 0 atom stereocenters. The maximum absolute atomic E-state index is 11.5. The van der Waals surface area contributed by atoms with E-state index in [0.29, 0.717) is 0 Å². The van der Waals surface area contributed by atoms with Crippen molar-refractivity contribution >= 4 is 23.4 Å². The number of aliphatic imine (C=N–C) groups is 1. The van der Waals surface area contributed by atoms with Gasteiger partial charge >= 0.3 is 5.97 Å². The fourth-order valence-corrected chi connectivity index (χ4v) is 1.68. The molecule has 5 nitrogen and oxygen atoms in total. The Morgan fingerprint density at radius 1 is 1.20 bits per heavy atom. The average molecular weight is 275 g/mol. The molecule has 1 N–H and O–H groups in total. The zero-order valence-electron chi connectivity index (χ0n) is 11.5. The largest absolute Gasteiger partial charge is 0.481 e. The number of hydrogen-bond acceptors (Lipinski definition) is 3. The molecule has 20 heavy (non-hydrogen) atoms. The van der Waals surface area contributed by atoms with E-state index in [1.54, 1.807) is 0 Å². The lowest BCUT2D eigenvalue weighted by Gasteiger charge is -2.04. The molecule has 0 aliphatic rings. The average Bonchev–Trinajstić information content (AvgIpc) is 2.35. The van der Waals surface area contributed by atoms with Crippen LogP contribution in [-0.4, -0.2) is 28.5 Å². The number of carboxylic acids is 1. The molecule has 0 radical (unpaired) electrons. The van der Waals surface area contributed by atoms with E-state index in [1.807, 2.05) is 31.2 Å². The molecule has 0 spiro atoms. The van der Waals surface area contributed by atoms with Crippen LogP contribution in [0.5, 0.6) is 0 Å². The summed E-state index contributed by atoms with van der Waals surface area (Å²) < 4.78 is 0. The number of Topliss-reactive ketones (excluding diaryl/α,β-unsaturated/α-hetero) is 1. The number of rotatable bonds is 6. The Bertz CT molecular complexity index is 561. The van der Waals surface area contributed by atoms with Crippen LogP contribution in [0.2, 0.25) is 0 Å². The van der Waals surface area contributed by atoms with Crippen LogP contribution >= 0.6 is 0 Å². The number of carbonyl (C=O) groups excluding carboxylic acids is 2. The Kier molecular flexibility index (Phi) is 5.77. The summed E-state index contributed by atoms with van der Waals surface area (Å²) in [6.45, 7) is 3.28. The van der Waals surface area contributed by atoms with Crippen LogP contribution in [0.4, 0.5) is 0 Å². The number of benzene rings is 1. The van der Waals surface area contributed by atoms with Gasteiger partial charge in [0.15, 0.2) is 5.78 Å². The molecule has 1 aromatic rings. The molecule has 1 aromatic carbocycles. The van der Waals surface area contributed by atoms with Gasteiger partial charge in [-0.25, -0.2) is 4.99 Å². The molecular weight excluding hydrogens is 258 g/mol. The van der Waals surface area contributed by atoms with E-state index in [9.17, 15) is 14.4 Å². The van der Waals surface area contributed by atoms with E-state index < -0.39 is 11.9 Å². The lowest BCUT2D eigenvalue weighted by Crippen LogP contribution is -2.16. The van der Waals surface area contributed by atoms with Gasteiger partial charge in [0.25, 0.3) is 0 Å². The summed E-state index contributed by atoms with van der Waals surface area (Å²) in [6, 6.07) is 7.58. The first-order chi connectivity index (χ1) is 9.38. The topological polar surface area (TPSA) is 83.8 Å². The normalized spacial score (nSPS) is 11.2. The summed E-state index contributed by atoms with van der Waals surface area (Å²) in [6.07, 6.45) is -0.201. The molecule has 0 aliphatic heterocycles. The number of carbonyl (C=O) groups is 3. The van der Waals surface area contributed by atoms with Crippen LogP contribution in [0.15, 0.2) is 29.3 Å². The predicted octanol–water partition coefficient (Wildman–Crippen LogP) is 1.96. The van der Waals surface area contributed by atoms with Crippen LogP contribution in [-0.2, 0) is 20.8 Å². The lowest BCUT2D eigenvalue weighted by molar-refractivity contribution is -0.138. The SMILES string of the molecule is CC(=O)C(Cc1cccc(C)c1)=NC(=O)CCC(=O)O. The highest BCUT2D eigenvalue weighted by molar-refractivity contribution is 6.40. The monoisotopic (exact) mass is 275 g/mol. The van der Waals surface area contributed by atoms with E-state index in [2.05, 4.69) is 4.99 Å². The van der Waals surface area contributed by atoms with E-state index in [0.717, 1.165) is 11.1 Å². The maximum atomic E-state index is 11.5. The van der Waals surface area contributed by atoms with Crippen molar-refractivity contribution in [1.29, 1.82) is 0 Å². The van der Waals surface area contributed by atoms with Crippen molar-refractivity contribution in [2.24, 2.45) is 4.99 Å². The van der Waals surface area contributed by atoms with Gasteiger partial charge in [0, 0.05) is 19.8 Å². The van der Waals surface area contributed by atoms with Gasteiger partial charge in [0.2, 0.25) is 5.91 Å². The summed E-state index contributed by atoms with van der Waals surface area (Å²) in [7, 11) is 0. The third-order valence-corrected chi connectivity index (χ3v) is 2.67. The molecule has 1 amide bonds. The van der Waals surface area contributed by atoms with Crippen molar-refractivity contribution in [2.45, 2.75) is 33.1 Å². The van der Waals surface area contributed by atoms with Gasteiger partial charge in [-0.05, 0) is 12.5 Å². The number of nitrogens with zero attached hydrogens (tertiary/aromatic N) is 1. The van der Waals surface area contributed by atoms with Crippen molar-refractivity contribution in [2.75, 3.05) is 0 Å². The fraction of sp³-hybridized carbons (Fsp3) is 0.333. The zero-order valence-corrected chi connectivity index (χ0v) is 11.5. The molecule has 0 unspecified atom stereocenters. The van der Waals surface area contributed by atoms with Crippen molar-refractivity contribution < 1.29 is 19.5 Å². The molecule has 0 bridgehead atoms. The van der Waals surface area contributed by atoms with Gasteiger partial charge < -0.3 is 5.11 Å². The smallest absolute Gasteiger partial charge is 0.303 e. The molecule has 5 heteroatoms. The second kappa shape index (κ2) is 7.33. The standard InChI is InChI=1S/C15H17NO4/c1-10-4-3-5-12(8-10)9-13(11(2)17)16-14(18)6-7-15(19)20/h3-5,8H,6-7,9H2,1-2H3,(H,19,20). The number of amides is 1. The first-order valence-corrected chi connectivity index (χ1v) is 6.27. The van der Waals surface area contributed by atoms with Crippen molar-refractivity contribution in [3.05, 3.63) is 35.4 Å². The van der Waals surface area contributed by atoms with Crippen LogP contribution in [0, 0.1) is 6.92 Å². The highest BCUT2D eigenvalue weighted by Crippen LogP contribution is 2.07. The van der Waals surface area contributed by atoms with Crippen molar-refractivity contribution in [3.8, 4) is 0 Å². The van der Waals surface area contributed by atoms with Gasteiger partial charge in [-0.15, -0.1) is 0 Å². The second-order valence-corrected chi connectivity index (χ2v) is 4.57. The fourth-order valence-electron chi connectivity index (χ4n) is 1.68. The quantitative estimate of drug-likeness (QED) is 0.804. The molecule has 0 aliphatic carbocycles. The highest BCUT2D eigenvalue weighted by Gasteiger charge is 2.11. The van der Waals surface area contributed by atoms with Crippen LogP contribution in [0.25, 0.3) is 0 Å². The van der Waals surface area contributed by atoms with Crippen LogP contribution in [0.1, 0.15) is 30.9 Å². The molecule has 0 fully saturated rings. The van der Waals surface area contributed by atoms with Gasteiger partial charge in [-0.2, -0.15) is 0 Å². The summed E-state index contributed by atoms with van der Waals surface area (Å²) >= 11 is 0. The molecule has 0 saturated heterocycles. The molecule has 0 saturated carbocycles. The third-order valence-electron chi connectivity index (χ3n) is 2.67. The van der Waals surface area contributed by atoms with Crippen molar-refractivity contribution in [1.82, 2.24) is 0 Å². The van der Waals surface area contributed by atoms with Crippen LogP contribution in [0.3, 0.4) is 0 Å². The summed E-state index contributed by atoms with van der Waals surface area (Å²) in [5.74, 6) is -1.92. The zero-order chi connectivity index (χ0) is 15.1. The lowest BCUT2D eigenvalue weighted by atomic mass is 10.0. The molecule has 0 aromatic heterocycles. The molecule has 0 heterocycles. The van der Waals surface area contributed by atoms with E-state index >= 15 is 0 Å². The number of aliphatic carboxylic acids is 1. The van der Waals surface area contributed by atoms with E-state index in [1.165, 1.54) is 6.92 Å². The number of carboxylic acid groups (broad SMARTS) is 1. The van der Waals surface area contributed by atoms with E-state index in [4.69, 9.17) is 5.11 Å². The number of hydrogen-bond donors (Lipinski definition) is 1. The minimum Gasteiger partial charge on any atom is -0.481 e. The minimum absolute atomic E-state index is 0.158. The Labute approximate surface area is 117 Å². The Hall–Kier alpha value is -2.30. The predicted molar refractivity (Wildman–Crippen MR) is 74.9 cm³/mol. The summed E-state index contributed by atoms with van der Waals surface area (Å²) in [5, 5.41) is 8.50. The van der Waals surface area contributed by atoms with Gasteiger partial charge in [-0.1, -0.05) is 29.8 Å². The Balaban J connectivity index is 2.81. The van der Waals surface area contributed by atoms with Crippen molar-refractivity contribution in [3.63, 3.8) is 0 Å². The Morgan fingerprint density at radius 2 is 1.90 bits per heavy atom. The Morgan fingerprint density at radius 3 is 2.45 bits per heavy atom. The van der Waals surface area contributed by atoms with Gasteiger partial charge in [-0.3, -0.25) is 14.4 Å². The number of aryl methyl sites for hydroxylation is 1. The first-order valence-electron chi connectivity index (χ1n) is 6.27. The minimum atomic E-state index is -1.06. The molecule has 106 valence electrons. The summed E-state index contributed by atoms with van der Waals surface area (Å²) in [4.78, 5) is 37.1. The second-order valence-electron chi connectivity index (χ2n) is 4.57. The van der Waals surface area contributed by atoms with Gasteiger partial charge in [0.05, 0.1) is 12.1 Å². The highest BCUT2D eigenvalue weighted by atomic mass is 16.4. The molecular formula is C15H17NO4. The first kappa shape index (κ1) is 15.8. The number of ketones is 1. The third kappa shape index (κ3) is 5.56. The maximum Gasteiger partial charge on any atom is 0.303 e. The van der Waals surface area contributed by atoms with Gasteiger partial charge in [0.1, 0.15) is 0 Å². The van der Waals surface area contributed by atoms with E-state index in [-0.39, 0.29) is 30.8 Å².